The van der Waals surface area contributed by atoms with Crippen molar-refractivity contribution in [1.29, 1.82) is 0 Å². The fourth-order valence-electron chi connectivity index (χ4n) is 3.08. The van der Waals surface area contributed by atoms with Gasteiger partial charge in [-0.25, -0.2) is 0 Å². The Labute approximate surface area is 116 Å². The lowest BCUT2D eigenvalue weighted by Crippen LogP contribution is -2.44. The monoisotopic (exact) mass is 294 g/mol. The molecule has 1 saturated carbocycles. The Balaban J connectivity index is 1.61. The number of carbonyl (C=O) groups excluding carboxylic acids is 1. The van der Waals surface area contributed by atoms with E-state index in [9.17, 15) is 18.0 Å². The van der Waals surface area contributed by atoms with Gasteiger partial charge in [0.05, 0.1) is 12.6 Å². The first-order chi connectivity index (χ1) is 9.46. The van der Waals surface area contributed by atoms with E-state index >= 15 is 0 Å². The molecule has 7 heteroatoms. The highest BCUT2D eigenvalue weighted by atomic mass is 19.4. The van der Waals surface area contributed by atoms with Crippen molar-refractivity contribution in [2.75, 3.05) is 19.8 Å². The Morgan fingerprint density at radius 2 is 2.05 bits per heavy atom. The topological polar surface area (TPSA) is 50.4 Å². The number of hydrogen-bond donors (Lipinski definition) is 2. The zero-order chi connectivity index (χ0) is 14.6. The number of nitrogens with one attached hydrogen (secondary N) is 2. The summed E-state index contributed by atoms with van der Waals surface area (Å²) < 4.78 is 39.9. The molecule has 1 aliphatic carbocycles. The van der Waals surface area contributed by atoms with E-state index in [2.05, 4.69) is 15.4 Å². The van der Waals surface area contributed by atoms with Gasteiger partial charge in [0, 0.05) is 12.6 Å². The molecule has 2 fully saturated rings. The zero-order valence-electron chi connectivity index (χ0n) is 11.3. The van der Waals surface area contributed by atoms with Crippen LogP contribution in [0.3, 0.4) is 0 Å². The summed E-state index contributed by atoms with van der Waals surface area (Å²) >= 11 is 0. The molecule has 1 aliphatic heterocycles. The molecule has 3 atom stereocenters. The molecule has 1 heterocycles. The van der Waals surface area contributed by atoms with Gasteiger partial charge in [-0.05, 0) is 25.2 Å². The third-order valence-corrected chi connectivity index (χ3v) is 3.99. The molecule has 2 N–H and O–H groups in total. The van der Waals surface area contributed by atoms with Crippen LogP contribution in [-0.2, 0) is 9.53 Å². The number of ether oxygens (including phenoxy) is 1. The van der Waals surface area contributed by atoms with Crippen molar-refractivity contribution < 1.29 is 22.7 Å². The van der Waals surface area contributed by atoms with Gasteiger partial charge in [0.1, 0.15) is 6.61 Å². The lowest BCUT2D eigenvalue weighted by atomic mass is 9.85. The molecule has 116 valence electrons. The van der Waals surface area contributed by atoms with E-state index in [1.54, 1.807) is 0 Å². The zero-order valence-corrected chi connectivity index (χ0v) is 11.3. The Morgan fingerprint density at radius 1 is 1.30 bits per heavy atom. The first-order valence-electron chi connectivity index (χ1n) is 7.14. The highest BCUT2D eigenvalue weighted by Gasteiger charge is 2.38. The van der Waals surface area contributed by atoms with E-state index in [1.807, 2.05) is 0 Å². The van der Waals surface area contributed by atoms with Crippen LogP contribution >= 0.6 is 0 Å². The summed E-state index contributed by atoms with van der Waals surface area (Å²) in [7, 11) is 0. The molecular weight excluding hydrogens is 273 g/mol. The fourth-order valence-corrected chi connectivity index (χ4v) is 3.08. The minimum atomic E-state index is -4.31. The van der Waals surface area contributed by atoms with Crippen LogP contribution in [0.5, 0.6) is 0 Å². The number of fused-ring (bicyclic) bond motifs is 1. The Bertz CT molecular complexity index is 322. The Morgan fingerprint density at radius 3 is 2.75 bits per heavy atom. The minimum absolute atomic E-state index is 0.114. The number of carbonyl (C=O) groups is 1. The maximum absolute atomic E-state index is 11.9. The van der Waals surface area contributed by atoms with Gasteiger partial charge >= 0.3 is 6.18 Å². The number of amides is 1. The van der Waals surface area contributed by atoms with Crippen LogP contribution in [0, 0.1) is 5.92 Å². The smallest absolute Gasteiger partial charge is 0.370 e. The Kier molecular flexibility index (Phi) is 5.26. The molecule has 0 radical (unpaired) electrons. The summed E-state index contributed by atoms with van der Waals surface area (Å²) in [5.74, 6) is 0.441. The number of alkyl halides is 3. The van der Waals surface area contributed by atoms with Crippen LogP contribution in [0.25, 0.3) is 0 Å². The van der Waals surface area contributed by atoms with E-state index in [0.717, 1.165) is 19.3 Å². The fraction of sp³-hybridized carbons (Fsp3) is 0.923. The summed E-state index contributed by atoms with van der Waals surface area (Å²) in [6.45, 7) is -1.28. The summed E-state index contributed by atoms with van der Waals surface area (Å²) in [5.41, 5.74) is 0. The van der Waals surface area contributed by atoms with Crippen LogP contribution in [0.4, 0.5) is 13.2 Å². The molecule has 0 aromatic carbocycles. The molecular formula is C13H21F3N2O2. The van der Waals surface area contributed by atoms with Crippen molar-refractivity contribution in [3.63, 3.8) is 0 Å². The van der Waals surface area contributed by atoms with Gasteiger partial charge in [-0.2, -0.15) is 13.2 Å². The second kappa shape index (κ2) is 6.76. The summed E-state index contributed by atoms with van der Waals surface area (Å²) in [5, 5.41) is 5.95. The van der Waals surface area contributed by atoms with E-state index in [1.165, 1.54) is 12.8 Å². The summed E-state index contributed by atoms with van der Waals surface area (Å²) in [4.78, 5) is 11.9. The van der Waals surface area contributed by atoms with E-state index in [-0.39, 0.29) is 25.1 Å². The van der Waals surface area contributed by atoms with Crippen LogP contribution in [-0.4, -0.2) is 43.9 Å². The third kappa shape index (κ3) is 4.63. The van der Waals surface area contributed by atoms with Crippen LogP contribution in [0.2, 0.25) is 0 Å². The number of hydrogen-bond acceptors (Lipinski definition) is 3. The molecule has 3 unspecified atom stereocenters. The largest absolute Gasteiger partial charge is 0.411 e. The quantitative estimate of drug-likeness (QED) is 0.757. The predicted molar refractivity (Wildman–Crippen MR) is 67.2 cm³/mol. The minimum Gasteiger partial charge on any atom is -0.370 e. The van der Waals surface area contributed by atoms with Gasteiger partial charge in [0.2, 0.25) is 5.91 Å². The van der Waals surface area contributed by atoms with E-state index < -0.39 is 12.8 Å². The van der Waals surface area contributed by atoms with Gasteiger partial charge in [-0.15, -0.1) is 0 Å². The van der Waals surface area contributed by atoms with Crippen LogP contribution < -0.4 is 10.6 Å². The molecule has 20 heavy (non-hydrogen) atoms. The van der Waals surface area contributed by atoms with Crippen molar-refractivity contribution in [3.8, 4) is 0 Å². The SMILES string of the molecule is O=C(NCCOCC(F)(F)F)C1CC2CCCCC2N1. The predicted octanol–water partition coefficient (Wildman–Crippen LogP) is 1.60. The molecule has 0 aromatic rings. The van der Waals surface area contributed by atoms with Gasteiger partial charge in [0.15, 0.2) is 0 Å². The highest BCUT2D eigenvalue weighted by Crippen LogP contribution is 2.33. The maximum atomic E-state index is 11.9. The van der Waals surface area contributed by atoms with Gasteiger partial charge in [0.25, 0.3) is 0 Å². The first kappa shape index (κ1) is 15.6. The van der Waals surface area contributed by atoms with Crippen LogP contribution in [0.15, 0.2) is 0 Å². The van der Waals surface area contributed by atoms with Crippen LogP contribution in [0.1, 0.15) is 32.1 Å². The molecule has 2 rings (SSSR count). The normalized spacial score (nSPS) is 30.1. The standard InChI is InChI=1S/C13H21F3N2O2/c14-13(15,16)8-20-6-5-17-12(19)11-7-9-3-1-2-4-10(9)18-11/h9-11,18H,1-8H2,(H,17,19). The molecule has 1 amide bonds. The summed E-state index contributed by atoms with van der Waals surface area (Å²) in [6, 6.07) is 0.228. The number of rotatable bonds is 5. The van der Waals surface area contributed by atoms with Crippen molar-refractivity contribution in [3.05, 3.63) is 0 Å². The van der Waals surface area contributed by atoms with Crippen molar-refractivity contribution in [2.45, 2.75) is 50.4 Å². The first-order valence-corrected chi connectivity index (χ1v) is 7.14. The lowest BCUT2D eigenvalue weighted by molar-refractivity contribution is -0.173. The highest BCUT2D eigenvalue weighted by molar-refractivity contribution is 5.82. The van der Waals surface area contributed by atoms with Crippen molar-refractivity contribution >= 4 is 5.91 Å². The molecule has 4 nitrogen and oxygen atoms in total. The molecule has 0 bridgehead atoms. The van der Waals surface area contributed by atoms with Crippen molar-refractivity contribution in [1.82, 2.24) is 10.6 Å². The van der Waals surface area contributed by atoms with Gasteiger partial charge < -0.3 is 15.4 Å². The summed E-state index contributed by atoms with van der Waals surface area (Å²) in [6.07, 6.45) is 1.22. The van der Waals surface area contributed by atoms with E-state index in [0.29, 0.717) is 12.0 Å². The Hall–Kier alpha value is -0.820. The van der Waals surface area contributed by atoms with Gasteiger partial charge in [-0.3, -0.25) is 4.79 Å². The maximum Gasteiger partial charge on any atom is 0.411 e. The molecule has 0 spiro atoms. The molecule has 1 saturated heterocycles. The molecule has 0 aromatic heterocycles. The second-order valence-electron chi connectivity index (χ2n) is 5.56. The average molecular weight is 294 g/mol. The molecule has 2 aliphatic rings. The van der Waals surface area contributed by atoms with E-state index in [4.69, 9.17) is 0 Å². The lowest BCUT2D eigenvalue weighted by Gasteiger charge is -2.24. The third-order valence-electron chi connectivity index (χ3n) is 3.99. The van der Waals surface area contributed by atoms with Gasteiger partial charge in [-0.1, -0.05) is 12.8 Å². The van der Waals surface area contributed by atoms with Crippen molar-refractivity contribution in [2.24, 2.45) is 5.92 Å². The average Bonchev–Trinajstić information content (AvgIpc) is 2.80. The second-order valence-corrected chi connectivity index (χ2v) is 5.56. The number of halogens is 3.